The summed E-state index contributed by atoms with van der Waals surface area (Å²) >= 11 is 1.69. The molecule has 1 aliphatic rings. The molecule has 0 unspecified atom stereocenters. The van der Waals surface area contributed by atoms with E-state index in [1.54, 1.807) is 11.3 Å². The molecule has 1 aliphatic carbocycles. The van der Waals surface area contributed by atoms with Crippen LogP contribution in [0.4, 0.5) is 0 Å². The quantitative estimate of drug-likeness (QED) is 0.766. The molecule has 0 radical (unpaired) electrons. The second-order valence-electron chi connectivity index (χ2n) is 3.68. The van der Waals surface area contributed by atoms with Crippen LogP contribution in [0.25, 0.3) is 0 Å². The van der Waals surface area contributed by atoms with Crippen molar-refractivity contribution in [1.29, 1.82) is 0 Å². The zero-order valence-corrected chi connectivity index (χ0v) is 8.89. The van der Waals surface area contributed by atoms with Gasteiger partial charge in [0.25, 0.3) is 0 Å². The van der Waals surface area contributed by atoms with Crippen LogP contribution in [0.3, 0.4) is 0 Å². The molecule has 0 aromatic carbocycles. The molecule has 1 saturated carbocycles. The van der Waals surface area contributed by atoms with Crippen molar-refractivity contribution >= 4 is 17.1 Å². The van der Waals surface area contributed by atoms with Crippen LogP contribution in [0.5, 0.6) is 0 Å². The molecule has 0 aliphatic heterocycles. The van der Waals surface area contributed by atoms with Crippen molar-refractivity contribution in [1.82, 2.24) is 0 Å². The lowest BCUT2D eigenvalue weighted by Crippen LogP contribution is -2.21. The fourth-order valence-electron chi connectivity index (χ4n) is 1.67. The van der Waals surface area contributed by atoms with Crippen LogP contribution in [0.1, 0.15) is 31.2 Å². The summed E-state index contributed by atoms with van der Waals surface area (Å²) < 4.78 is 5.73. The SMILES string of the molecule is O=C1CCC(OCc2ccsc2)CC1. The third kappa shape index (κ3) is 2.66. The van der Waals surface area contributed by atoms with Gasteiger partial charge in [0.05, 0.1) is 12.7 Å². The van der Waals surface area contributed by atoms with E-state index in [0.717, 1.165) is 12.8 Å². The highest BCUT2D eigenvalue weighted by molar-refractivity contribution is 7.07. The zero-order valence-electron chi connectivity index (χ0n) is 8.07. The molecule has 76 valence electrons. The van der Waals surface area contributed by atoms with Gasteiger partial charge in [-0.3, -0.25) is 4.79 Å². The number of carbonyl (C=O) groups is 1. The summed E-state index contributed by atoms with van der Waals surface area (Å²) in [5, 5.41) is 4.16. The van der Waals surface area contributed by atoms with Crippen molar-refractivity contribution in [3.05, 3.63) is 22.4 Å². The van der Waals surface area contributed by atoms with Gasteiger partial charge >= 0.3 is 0 Å². The number of carbonyl (C=O) groups excluding carboxylic acids is 1. The van der Waals surface area contributed by atoms with Crippen LogP contribution in [0, 0.1) is 0 Å². The monoisotopic (exact) mass is 210 g/mol. The van der Waals surface area contributed by atoms with Gasteiger partial charge in [0.2, 0.25) is 0 Å². The summed E-state index contributed by atoms with van der Waals surface area (Å²) in [5.74, 6) is 0.389. The van der Waals surface area contributed by atoms with Crippen molar-refractivity contribution in [2.24, 2.45) is 0 Å². The molecular weight excluding hydrogens is 196 g/mol. The number of ether oxygens (including phenoxy) is 1. The van der Waals surface area contributed by atoms with Crippen molar-refractivity contribution in [2.45, 2.75) is 38.4 Å². The zero-order chi connectivity index (χ0) is 9.80. The number of thiophene rings is 1. The number of hydrogen-bond donors (Lipinski definition) is 0. The predicted molar refractivity (Wildman–Crippen MR) is 56.4 cm³/mol. The smallest absolute Gasteiger partial charge is 0.133 e. The molecule has 2 rings (SSSR count). The Bertz CT molecular complexity index is 282. The summed E-state index contributed by atoms with van der Waals surface area (Å²) in [4.78, 5) is 11.0. The predicted octanol–water partition coefficient (Wildman–Crippen LogP) is 2.78. The van der Waals surface area contributed by atoms with Crippen LogP contribution in [-0.4, -0.2) is 11.9 Å². The Hall–Kier alpha value is -0.670. The van der Waals surface area contributed by atoms with Gasteiger partial charge in [-0.2, -0.15) is 11.3 Å². The number of ketones is 1. The van der Waals surface area contributed by atoms with Gasteiger partial charge in [-0.1, -0.05) is 0 Å². The van der Waals surface area contributed by atoms with Gasteiger partial charge < -0.3 is 4.74 Å². The average molecular weight is 210 g/mol. The third-order valence-electron chi connectivity index (χ3n) is 2.56. The molecule has 0 amide bonds. The maximum atomic E-state index is 11.0. The summed E-state index contributed by atoms with van der Waals surface area (Å²) in [5.41, 5.74) is 1.24. The maximum Gasteiger partial charge on any atom is 0.133 e. The minimum Gasteiger partial charge on any atom is -0.373 e. The maximum absolute atomic E-state index is 11.0. The van der Waals surface area contributed by atoms with E-state index in [0.29, 0.717) is 31.3 Å². The molecule has 1 aromatic heterocycles. The molecule has 1 heterocycles. The Morgan fingerprint density at radius 2 is 2.21 bits per heavy atom. The van der Waals surface area contributed by atoms with E-state index < -0.39 is 0 Å². The third-order valence-corrected chi connectivity index (χ3v) is 3.29. The molecule has 0 spiro atoms. The molecule has 2 nitrogen and oxygen atoms in total. The molecule has 3 heteroatoms. The lowest BCUT2D eigenvalue weighted by atomic mass is 9.96. The first-order valence-corrected chi connectivity index (χ1v) is 5.93. The Kier molecular flexibility index (Phi) is 3.32. The van der Waals surface area contributed by atoms with Gasteiger partial charge in [-0.05, 0) is 35.2 Å². The Morgan fingerprint density at radius 3 is 2.86 bits per heavy atom. The molecule has 0 bridgehead atoms. The van der Waals surface area contributed by atoms with Crippen LogP contribution in [0.15, 0.2) is 16.8 Å². The van der Waals surface area contributed by atoms with E-state index in [-0.39, 0.29) is 0 Å². The van der Waals surface area contributed by atoms with E-state index >= 15 is 0 Å². The number of Topliss-reactive ketones (excluding diaryl/α,β-unsaturated/α-hetero) is 1. The van der Waals surface area contributed by atoms with Crippen molar-refractivity contribution < 1.29 is 9.53 Å². The summed E-state index contributed by atoms with van der Waals surface area (Å²) in [6.45, 7) is 0.697. The van der Waals surface area contributed by atoms with Crippen LogP contribution >= 0.6 is 11.3 Å². The van der Waals surface area contributed by atoms with Crippen molar-refractivity contribution in [3.8, 4) is 0 Å². The van der Waals surface area contributed by atoms with E-state index in [1.165, 1.54) is 5.56 Å². The first kappa shape index (κ1) is 9.87. The van der Waals surface area contributed by atoms with E-state index in [4.69, 9.17) is 4.74 Å². The van der Waals surface area contributed by atoms with E-state index in [2.05, 4.69) is 16.8 Å². The fraction of sp³-hybridized carbons (Fsp3) is 0.545. The number of hydrogen-bond acceptors (Lipinski definition) is 3. The fourth-order valence-corrected chi connectivity index (χ4v) is 2.32. The van der Waals surface area contributed by atoms with Crippen LogP contribution in [-0.2, 0) is 16.1 Å². The molecule has 1 aromatic rings. The van der Waals surface area contributed by atoms with Gasteiger partial charge in [-0.15, -0.1) is 0 Å². The second kappa shape index (κ2) is 4.71. The summed E-state index contributed by atoms with van der Waals surface area (Å²) in [7, 11) is 0. The molecule has 14 heavy (non-hydrogen) atoms. The lowest BCUT2D eigenvalue weighted by Gasteiger charge is -2.20. The van der Waals surface area contributed by atoms with Crippen LogP contribution < -0.4 is 0 Å². The molecule has 1 fully saturated rings. The molecule has 0 atom stereocenters. The summed E-state index contributed by atoms with van der Waals surface area (Å²) in [6, 6.07) is 2.08. The van der Waals surface area contributed by atoms with Gasteiger partial charge in [-0.25, -0.2) is 0 Å². The van der Waals surface area contributed by atoms with Crippen LogP contribution in [0.2, 0.25) is 0 Å². The molecule has 0 N–H and O–H groups in total. The Labute approximate surface area is 87.9 Å². The highest BCUT2D eigenvalue weighted by atomic mass is 32.1. The largest absolute Gasteiger partial charge is 0.373 e. The van der Waals surface area contributed by atoms with Gasteiger partial charge in [0.1, 0.15) is 5.78 Å². The van der Waals surface area contributed by atoms with Crippen molar-refractivity contribution in [2.75, 3.05) is 0 Å². The average Bonchev–Trinajstić information content (AvgIpc) is 2.70. The van der Waals surface area contributed by atoms with Crippen molar-refractivity contribution in [3.63, 3.8) is 0 Å². The highest BCUT2D eigenvalue weighted by Crippen LogP contribution is 2.19. The van der Waals surface area contributed by atoms with Gasteiger partial charge in [0.15, 0.2) is 0 Å². The van der Waals surface area contributed by atoms with Gasteiger partial charge in [0, 0.05) is 12.8 Å². The Balaban J connectivity index is 1.73. The minimum atomic E-state index is 0.299. The second-order valence-corrected chi connectivity index (χ2v) is 4.46. The molecular formula is C11H14O2S. The molecule has 0 saturated heterocycles. The topological polar surface area (TPSA) is 26.3 Å². The van der Waals surface area contributed by atoms with E-state index in [1.807, 2.05) is 0 Å². The normalized spacial score (nSPS) is 18.7. The lowest BCUT2D eigenvalue weighted by molar-refractivity contribution is -0.123. The standard InChI is InChI=1S/C11H14O2S/c12-10-1-3-11(4-2-10)13-7-9-5-6-14-8-9/h5-6,8,11H,1-4,7H2. The summed E-state index contributed by atoms with van der Waals surface area (Å²) in [6.07, 6.45) is 3.52. The number of rotatable bonds is 3. The van der Waals surface area contributed by atoms with E-state index in [9.17, 15) is 4.79 Å². The first-order chi connectivity index (χ1) is 6.84. The minimum absolute atomic E-state index is 0.299. The highest BCUT2D eigenvalue weighted by Gasteiger charge is 2.18. The first-order valence-electron chi connectivity index (χ1n) is 4.99. The Morgan fingerprint density at radius 1 is 1.43 bits per heavy atom.